The van der Waals surface area contributed by atoms with E-state index in [9.17, 15) is 0 Å². The molecule has 0 aliphatic rings. The Morgan fingerprint density at radius 1 is 1.05 bits per heavy atom. The zero-order valence-corrected chi connectivity index (χ0v) is 11.2. The fourth-order valence-electron chi connectivity index (χ4n) is 1.96. The average molecular weight is 270 g/mol. The molecule has 3 nitrogen and oxygen atoms in total. The van der Waals surface area contributed by atoms with Crippen molar-refractivity contribution in [1.29, 1.82) is 0 Å². The van der Waals surface area contributed by atoms with Crippen LogP contribution >= 0.6 is 11.3 Å². The molecule has 0 amide bonds. The van der Waals surface area contributed by atoms with Crippen LogP contribution < -0.4 is 5.32 Å². The number of para-hydroxylation sites is 1. The Labute approximate surface area is 115 Å². The van der Waals surface area contributed by atoms with Gasteiger partial charge in [-0.05, 0) is 23.3 Å². The summed E-state index contributed by atoms with van der Waals surface area (Å²) in [6.07, 6.45) is 0. The summed E-state index contributed by atoms with van der Waals surface area (Å²) in [4.78, 5) is 4.53. The van der Waals surface area contributed by atoms with Crippen molar-refractivity contribution in [3.63, 3.8) is 0 Å². The van der Waals surface area contributed by atoms with Crippen molar-refractivity contribution in [3.05, 3.63) is 59.7 Å². The van der Waals surface area contributed by atoms with Crippen molar-refractivity contribution in [2.75, 3.05) is 5.32 Å². The predicted octanol–water partition coefficient (Wildman–Crippen LogP) is 3.40. The molecule has 3 aromatic rings. The third-order valence-corrected chi connectivity index (χ3v) is 3.91. The first-order valence-corrected chi connectivity index (χ1v) is 6.95. The van der Waals surface area contributed by atoms with E-state index in [-0.39, 0.29) is 6.61 Å². The molecule has 1 aromatic heterocycles. The largest absolute Gasteiger partial charge is 0.392 e. The first-order chi connectivity index (χ1) is 9.35. The number of rotatable bonds is 4. The van der Waals surface area contributed by atoms with Gasteiger partial charge in [-0.2, -0.15) is 0 Å². The molecule has 4 heteroatoms. The first kappa shape index (κ1) is 12.1. The lowest BCUT2D eigenvalue weighted by Gasteiger charge is -2.04. The fourth-order valence-corrected chi connectivity index (χ4v) is 2.82. The zero-order chi connectivity index (χ0) is 13.1. The van der Waals surface area contributed by atoms with Crippen LogP contribution in [0, 0.1) is 0 Å². The lowest BCUT2D eigenvalue weighted by Crippen LogP contribution is -1.99. The molecule has 2 aromatic carbocycles. The van der Waals surface area contributed by atoms with Gasteiger partial charge in [0.25, 0.3) is 0 Å². The van der Waals surface area contributed by atoms with Crippen LogP contribution in [0.4, 0.5) is 5.13 Å². The van der Waals surface area contributed by atoms with Crippen molar-refractivity contribution in [3.8, 4) is 0 Å². The Morgan fingerprint density at radius 2 is 1.89 bits per heavy atom. The number of aliphatic hydroxyl groups is 1. The highest BCUT2D eigenvalue weighted by atomic mass is 32.1. The highest BCUT2D eigenvalue weighted by molar-refractivity contribution is 7.22. The van der Waals surface area contributed by atoms with Crippen molar-refractivity contribution >= 4 is 26.7 Å². The van der Waals surface area contributed by atoms with E-state index in [4.69, 9.17) is 5.11 Å². The third kappa shape index (κ3) is 2.75. The minimum atomic E-state index is 0.0784. The van der Waals surface area contributed by atoms with Gasteiger partial charge in [-0.25, -0.2) is 4.98 Å². The van der Waals surface area contributed by atoms with E-state index in [0.29, 0.717) is 6.54 Å². The maximum Gasteiger partial charge on any atom is 0.184 e. The van der Waals surface area contributed by atoms with E-state index in [1.54, 1.807) is 11.3 Å². The highest BCUT2D eigenvalue weighted by Gasteiger charge is 2.02. The maximum atomic E-state index is 9.11. The molecule has 0 saturated carbocycles. The van der Waals surface area contributed by atoms with Gasteiger partial charge in [0.05, 0.1) is 16.8 Å². The average Bonchev–Trinajstić information content (AvgIpc) is 2.88. The van der Waals surface area contributed by atoms with Crippen LogP contribution in [0.2, 0.25) is 0 Å². The monoisotopic (exact) mass is 270 g/mol. The van der Waals surface area contributed by atoms with Crippen LogP contribution in [0.25, 0.3) is 10.2 Å². The Bertz CT molecular complexity index is 660. The first-order valence-electron chi connectivity index (χ1n) is 6.13. The maximum absolute atomic E-state index is 9.11. The number of hydrogen-bond acceptors (Lipinski definition) is 4. The minimum Gasteiger partial charge on any atom is -0.392 e. The van der Waals surface area contributed by atoms with E-state index in [2.05, 4.69) is 16.4 Å². The third-order valence-electron chi connectivity index (χ3n) is 2.91. The van der Waals surface area contributed by atoms with Gasteiger partial charge in [-0.1, -0.05) is 47.7 Å². The summed E-state index contributed by atoms with van der Waals surface area (Å²) in [7, 11) is 0. The van der Waals surface area contributed by atoms with Gasteiger partial charge in [-0.15, -0.1) is 0 Å². The Balaban J connectivity index is 1.74. The molecule has 0 spiro atoms. The molecule has 0 saturated heterocycles. The molecule has 0 radical (unpaired) electrons. The van der Waals surface area contributed by atoms with Crippen molar-refractivity contribution in [1.82, 2.24) is 4.98 Å². The Kier molecular flexibility index (Phi) is 3.44. The number of aromatic nitrogens is 1. The fraction of sp³-hybridized carbons (Fsp3) is 0.133. The number of fused-ring (bicyclic) bond motifs is 1. The van der Waals surface area contributed by atoms with E-state index in [0.717, 1.165) is 21.8 Å². The van der Waals surface area contributed by atoms with Gasteiger partial charge in [-0.3, -0.25) is 0 Å². The molecule has 0 atom stereocenters. The molecular formula is C15H14N2OS. The number of benzene rings is 2. The highest BCUT2D eigenvalue weighted by Crippen LogP contribution is 2.25. The molecule has 0 unspecified atom stereocenters. The number of aliphatic hydroxyl groups excluding tert-OH is 1. The molecule has 0 bridgehead atoms. The summed E-state index contributed by atoms with van der Waals surface area (Å²) in [5.74, 6) is 0. The molecule has 3 rings (SSSR count). The number of hydrogen-bond donors (Lipinski definition) is 2. The van der Waals surface area contributed by atoms with E-state index >= 15 is 0 Å². The second kappa shape index (κ2) is 5.38. The summed E-state index contributed by atoms with van der Waals surface area (Å²) >= 11 is 1.65. The molecule has 2 N–H and O–H groups in total. The second-order valence-corrected chi connectivity index (χ2v) is 5.35. The van der Waals surface area contributed by atoms with E-state index in [1.165, 1.54) is 4.70 Å². The second-order valence-electron chi connectivity index (χ2n) is 4.32. The molecule has 0 aliphatic carbocycles. The smallest absolute Gasteiger partial charge is 0.184 e. The number of anilines is 1. The van der Waals surface area contributed by atoms with Gasteiger partial charge in [0.15, 0.2) is 5.13 Å². The van der Waals surface area contributed by atoms with Gasteiger partial charge in [0.2, 0.25) is 0 Å². The van der Waals surface area contributed by atoms with E-state index < -0.39 is 0 Å². The van der Waals surface area contributed by atoms with Crippen LogP contribution in [-0.2, 0) is 13.2 Å². The summed E-state index contributed by atoms with van der Waals surface area (Å²) < 4.78 is 1.19. The van der Waals surface area contributed by atoms with Crippen molar-refractivity contribution in [2.24, 2.45) is 0 Å². The van der Waals surface area contributed by atoms with Gasteiger partial charge in [0.1, 0.15) is 0 Å². The van der Waals surface area contributed by atoms with Crippen molar-refractivity contribution in [2.45, 2.75) is 13.2 Å². The summed E-state index contributed by atoms with van der Waals surface area (Å²) in [6.45, 7) is 0.794. The SMILES string of the molecule is OCc1cccc(CNc2nc3ccccc3s2)c1. The van der Waals surface area contributed by atoms with Crippen LogP contribution in [-0.4, -0.2) is 10.1 Å². The lowest BCUT2D eigenvalue weighted by atomic mass is 10.1. The summed E-state index contributed by atoms with van der Waals surface area (Å²) in [6, 6.07) is 16.0. The van der Waals surface area contributed by atoms with Crippen LogP contribution in [0.5, 0.6) is 0 Å². The molecular weight excluding hydrogens is 256 g/mol. The molecule has 1 heterocycles. The van der Waals surface area contributed by atoms with Crippen molar-refractivity contribution < 1.29 is 5.11 Å². The van der Waals surface area contributed by atoms with Gasteiger partial charge < -0.3 is 10.4 Å². The van der Waals surface area contributed by atoms with Crippen LogP contribution in [0.1, 0.15) is 11.1 Å². The number of thiazole rings is 1. The van der Waals surface area contributed by atoms with Gasteiger partial charge in [0, 0.05) is 6.54 Å². The minimum absolute atomic E-state index is 0.0784. The topological polar surface area (TPSA) is 45.1 Å². The normalized spacial score (nSPS) is 10.8. The molecule has 0 aliphatic heterocycles. The van der Waals surface area contributed by atoms with Crippen LogP contribution in [0.15, 0.2) is 48.5 Å². The van der Waals surface area contributed by atoms with Crippen LogP contribution in [0.3, 0.4) is 0 Å². The number of nitrogens with zero attached hydrogens (tertiary/aromatic N) is 1. The Morgan fingerprint density at radius 3 is 2.74 bits per heavy atom. The summed E-state index contributed by atoms with van der Waals surface area (Å²) in [5.41, 5.74) is 3.11. The standard InChI is InChI=1S/C15H14N2OS/c18-10-12-5-3-4-11(8-12)9-16-15-17-13-6-1-2-7-14(13)19-15/h1-8,18H,9-10H2,(H,16,17). The summed E-state index contributed by atoms with van der Waals surface area (Å²) in [5, 5.41) is 13.4. The zero-order valence-electron chi connectivity index (χ0n) is 10.3. The molecule has 0 fully saturated rings. The van der Waals surface area contributed by atoms with E-state index in [1.807, 2.05) is 42.5 Å². The Hall–Kier alpha value is -1.91. The molecule has 96 valence electrons. The lowest BCUT2D eigenvalue weighted by molar-refractivity contribution is 0.281. The predicted molar refractivity (Wildman–Crippen MR) is 79.3 cm³/mol. The molecule has 19 heavy (non-hydrogen) atoms. The quantitative estimate of drug-likeness (QED) is 0.763. The number of nitrogens with one attached hydrogen (secondary N) is 1. The van der Waals surface area contributed by atoms with Gasteiger partial charge >= 0.3 is 0 Å².